The van der Waals surface area contributed by atoms with Gasteiger partial charge in [-0.25, -0.2) is 9.18 Å². The van der Waals surface area contributed by atoms with Crippen LogP contribution in [0.15, 0.2) is 42.5 Å². The van der Waals surface area contributed by atoms with Gasteiger partial charge in [-0.15, -0.1) is 0 Å². The SMILES string of the molecule is CCCNC(=O)C[C@@H]1CC[C@H]2[C@@H](COc3ccc(NC(=O)Nc4ccccc4F)cc3C(=O)N2C)O1. The number of amides is 4. The quantitative estimate of drug-likeness (QED) is 0.562. The zero-order valence-electron chi connectivity index (χ0n) is 20.4. The van der Waals surface area contributed by atoms with Gasteiger partial charge in [-0.2, -0.15) is 0 Å². The average Bonchev–Trinajstić information content (AvgIpc) is 2.86. The molecule has 2 aliphatic heterocycles. The van der Waals surface area contributed by atoms with Gasteiger partial charge >= 0.3 is 6.03 Å². The van der Waals surface area contributed by atoms with Crippen molar-refractivity contribution in [2.24, 2.45) is 0 Å². The molecule has 0 aliphatic carbocycles. The fraction of sp³-hybridized carbons (Fsp3) is 0.423. The second-order valence-electron chi connectivity index (χ2n) is 8.99. The molecule has 10 heteroatoms. The van der Waals surface area contributed by atoms with Crippen molar-refractivity contribution in [1.29, 1.82) is 0 Å². The molecule has 0 bridgehead atoms. The minimum absolute atomic E-state index is 0.0408. The zero-order valence-corrected chi connectivity index (χ0v) is 20.4. The first-order valence-corrected chi connectivity index (χ1v) is 12.1. The smallest absolute Gasteiger partial charge is 0.323 e. The van der Waals surface area contributed by atoms with Gasteiger partial charge in [0.15, 0.2) is 0 Å². The first-order valence-electron chi connectivity index (χ1n) is 12.1. The maximum atomic E-state index is 13.8. The van der Waals surface area contributed by atoms with E-state index in [1.54, 1.807) is 36.2 Å². The van der Waals surface area contributed by atoms with Gasteiger partial charge in [0.05, 0.1) is 29.8 Å². The number of rotatable bonds is 6. The van der Waals surface area contributed by atoms with Crippen LogP contribution in [0.2, 0.25) is 0 Å². The number of fused-ring (bicyclic) bond motifs is 2. The van der Waals surface area contributed by atoms with Gasteiger partial charge in [0.25, 0.3) is 5.91 Å². The van der Waals surface area contributed by atoms with Crippen LogP contribution in [0.1, 0.15) is 43.0 Å². The fourth-order valence-corrected chi connectivity index (χ4v) is 4.50. The summed E-state index contributed by atoms with van der Waals surface area (Å²) in [7, 11) is 1.72. The van der Waals surface area contributed by atoms with E-state index in [4.69, 9.17) is 9.47 Å². The Morgan fingerprint density at radius 3 is 2.72 bits per heavy atom. The van der Waals surface area contributed by atoms with Crippen molar-refractivity contribution in [3.63, 3.8) is 0 Å². The molecule has 0 spiro atoms. The van der Waals surface area contributed by atoms with Crippen molar-refractivity contribution in [3.8, 4) is 5.75 Å². The van der Waals surface area contributed by atoms with Crippen LogP contribution in [0.3, 0.4) is 0 Å². The van der Waals surface area contributed by atoms with E-state index in [0.29, 0.717) is 36.4 Å². The Hall–Kier alpha value is -3.66. The third-order valence-electron chi connectivity index (χ3n) is 6.38. The summed E-state index contributed by atoms with van der Waals surface area (Å²) >= 11 is 0. The molecule has 4 rings (SSSR count). The number of urea groups is 1. The number of nitrogens with zero attached hydrogens (tertiary/aromatic N) is 1. The fourth-order valence-electron chi connectivity index (χ4n) is 4.50. The summed E-state index contributed by atoms with van der Waals surface area (Å²) in [4.78, 5) is 39.5. The van der Waals surface area contributed by atoms with Crippen LogP contribution >= 0.6 is 0 Å². The van der Waals surface area contributed by atoms with Gasteiger partial charge in [-0.05, 0) is 49.6 Å². The number of likely N-dealkylation sites (N-methyl/N-ethyl adjacent to an activating group) is 1. The molecular formula is C26H31FN4O5. The minimum atomic E-state index is -0.637. The van der Waals surface area contributed by atoms with Gasteiger partial charge in [-0.3, -0.25) is 9.59 Å². The number of carbonyl (C=O) groups is 3. The highest BCUT2D eigenvalue weighted by atomic mass is 19.1. The van der Waals surface area contributed by atoms with Crippen LogP contribution in [0.5, 0.6) is 5.75 Å². The summed E-state index contributed by atoms with van der Waals surface area (Å²) in [5.74, 6) is -0.484. The number of benzene rings is 2. The highest BCUT2D eigenvalue weighted by Gasteiger charge is 2.39. The Balaban J connectivity index is 1.43. The molecule has 3 atom stereocenters. The lowest BCUT2D eigenvalue weighted by Crippen LogP contribution is -2.54. The van der Waals surface area contributed by atoms with E-state index in [9.17, 15) is 18.8 Å². The van der Waals surface area contributed by atoms with E-state index in [2.05, 4.69) is 16.0 Å². The Bertz CT molecular complexity index is 1130. The first-order chi connectivity index (χ1) is 17.4. The summed E-state index contributed by atoms with van der Waals surface area (Å²) in [5.41, 5.74) is 0.716. The highest BCUT2D eigenvalue weighted by Crippen LogP contribution is 2.32. The molecule has 2 aliphatic rings. The van der Waals surface area contributed by atoms with Gasteiger partial charge in [-0.1, -0.05) is 19.1 Å². The van der Waals surface area contributed by atoms with Crippen molar-refractivity contribution in [2.75, 3.05) is 30.8 Å². The molecule has 0 radical (unpaired) electrons. The van der Waals surface area contributed by atoms with Gasteiger partial charge < -0.3 is 30.3 Å². The third kappa shape index (κ3) is 5.93. The second kappa shape index (κ2) is 11.4. The van der Waals surface area contributed by atoms with Gasteiger partial charge in [0.1, 0.15) is 24.3 Å². The van der Waals surface area contributed by atoms with Crippen molar-refractivity contribution in [3.05, 3.63) is 53.8 Å². The number of halogens is 1. The number of nitrogens with one attached hydrogen (secondary N) is 3. The molecule has 1 saturated heterocycles. The van der Waals surface area contributed by atoms with Crippen molar-refractivity contribution in [1.82, 2.24) is 10.2 Å². The molecular weight excluding hydrogens is 467 g/mol. The van der Waals surface area contributed by atoms with Crippen LogP contribution in [0.4, 0.5) is 20.6 Å². The van der Waals surface area contributed by atoms with Crippen LogP contribution in [-0.4, -0.2) is 61.2 Å². The molecule has 192 valence electrons. The van der Waals surface area contributed by atoms with E-state index in [0.717, 1.165) is 6.42 Å². The summed E-state index contributed by atoms with van der Waals surface area (Å²) < 4.78 is 26.0. The molecule has 1 fully saturated rings. The maximum absolute atomic E-state index is 13.8. The average molecular weight is 499 g/mol. The molecule has 2 aromatic carbocycles. The zero-order chi connectivity index (χ0) is 25.7. The van der Waals surface area contributed by atoms with E-state index < -0.39 is 11.8 Å². The summed E-state index contributed by atoms with van der Waals surface area (Å²) in [6.07, 6.45) is 1.89. The van der Waals surface area contributed by atoms with E-state index in [-0.39, 0.29) is 48.8 Å². The number of hydrogen-bond acceptors (Lipinski definition) is 5. The lowest BCUT2D eigenvalue weighted by molar-refractivity contribution is -0.134. The molecule has 3 N–H and O–H groups in total. The Morgan fingerprint density at radius 1 is 1.14 bits per heavy atom. The number of para-hydroxylation sites is 1. The first kappa shape index (κ1) is 25.4. The van der Waals surface area contributed by atoms with Crippen LogP contribution in [0, 0.1) is 5.82 Å². The summed E-state index contributed by atoms with van der Waals surface area (Å²) in [6.45, 7) is 2.86. The summed E-state index contributed by atoms with van der Waals surface area (Å²) in [5, 5.41) is 7.95. The molecule has 2 heterocycles. The summed E-state index contributed by atoms with van der Waals surface area (Å²) in [6, 6.07) is 9.76. The lowest BCUT2D eigenvalue weighted by atomic mass is 9.94. The monoisotopic (exact) mass is 498 g/mol. The van der Waals surface area contributed by atoms with Gasteiger partial charge in [0.2, 0.25) is 5.91 Å². The Kier molecular flexibility index (Phi) is 8.04. The maximum Gasteiger partial charge on any atom is 0.323 e. The van der Waals surface area contributed by atoms with E-state index >= 15 is 0 Å². The van der Waals surface area contributed by atoms with Gasteiger partial charge in [0, 0.05) is 19.3 Å². The topological polar surface area (TPSA) is 109 Å². The van der Waals surface area contributed by atoms with Crippen LogP contribution in [0.25, 0.3) is 0 Å². The number of carbonyl (C=O) groups excluding carboxylic acids is 3. The normalized spacial score (nSPS) is 21.2. The predicted octanol–water partition coefficient (Wildman–Crippen LogP) is 3.77. The molecule has 0 saturated carbocycles. The molecule has 4 amide bonds. The predicted molar refractivity (Wildman–Crippen MR) is 133 cm³/mol. The molecule has 36 heavy (non-hydrogen) atoms. The minimum Gasteiger partial charge on any atom is -0.490 e. The third-order valence-corrected chi connectivity index (χ3v) is 6.38. The lowest BCUT2D eigenvalue weighted by Gasteiger charge is -2.42. The van der Waals surface area contributed by atoms with Crippen molar-refractivity contribution >= 4 is 29.2 Å². The molecule has 0 aromatic heterocycles. The molecule has 2 aromatic rings. The molecule has 0 unspecified atom stereocenters. The number of hydrogen-bond donors (Lipinski definition) is 3. The Labute approximate surface area is 209 Å². The van der Waals surface area contributed by atoms with Crippen molar-refractivity contribution in [2.45, 2.75) is 50.9 Å². The number of anilines is 2. The van der Waals surface area contributed by atoms with E-state index in [1.165, 1.54) is 18.2 Å². The second-order valence-corrected chi connectivity index (χ2v) is 8.99. The largest absolute Gasteiger partial charge is 0.490 e. The molecule has 9 nitrogen and oxygen atoms in total. The standard InChI is InChI=1S/C26H31FN4O5/c1-3-12-28-24(32)14-17-9-10-21-23(36-17)15-35-22-11-8-16(13-18(22)25(33)31(21)2)29-26(34)30-20-7-5-4-6-19(20)27/h4-8,11,13,17,21,23H,3,9-10,12,14-15H2,1-2H3,(H,28,32)(H2,29,30,34)/t17-,21-,23+/m0/s1. The number of ether oxygens (including phenoxy) is 2. The highest BCUT2D eigenvalue weighted by molar-refractivity contribution is 6.02. The van der Waals surface area contributed by atoms with Crippen molar-refractivity contribution < 1.29 is 28.2 Å². The van der Waals surface area contributed by atoms with Crippen LogP contribution < -0.4 is 20.7 Å². The Morgan fingerprint density at radius 2 is 1.94 bits per heavy atom. The van der Waals surface area contributed by atoms with E-state index in [1.807, 2.05) is 6.92 Å². The van der Waals surface area contributed by atoms with Crippen LogP contribution in [-0.2, 0) is 9.53 Å².